The first kappa shape index (κ1) is 18.7. The lowest BCUT2D eigenvalue weighted by Gasteiger charge is -2.34. The van der Waals surface area contributed by atoms with Gasteiger partial charge in [-0.25, -0.2) is 4.98 Å². The number of amidine groups is 1. The van der Waals surface area contributed by atoms with Crippen LogP contribution in [0.25, 0.3) is 0 Å². The highest BCUT2D eigenvalue weighted by Crippen LogP contribution is 2.33. The number of aromatic nitrogens is 1. The van der Waals surface area contributed by atoms with Crippen molar-refractivity contribution in [3.8, 4) is 11.6 Å². The second-order valence-corrected chi connectivity index (χ2v) is 7.72. The lowest BCUT2D eigenvalue weighted by molar-refractivity contribution is 0.207. The van der Waals surface area contributed by atoms with Crippen molar-refractivity contribution in [3.63, 3.8) is 0 Å². The van der Waals surface area contributed by atoms with E-state index in [4.69, 9.17) is 4.74 Å². The van der Waals surface area contributed by atoms with Crippen LogP contribution < -0.4 is 4.74 Å². The molecule has 2 heterocycles. The molecule has 28 heavy (non-hydrogen) atoms. The molecular weight excluding hydrogens is 352 g/mol. The summed E-state index contributed by atoms with van der Waals surface area (Å²) in [7, 11) is 2.10. The van der Waals surface area contributed by atoms with Crippen LogP contribution in [-0.4, -0.2) is 59.1 Å². The highest BCUT2D eigenvalue weighted by molar-refractivity contribution is 6.00. The summed E-state index contributed by atoms with van der Waals surface area (Å²) in [5.74, 6) is 1.90. The summed E-state index contributed by atoms with van der Waals surface area (Å²) in [4.78, 5) is 9.01. The van der Waals surface area contributed by atoms with E-state index in [2.05, 4.69) is 39.1 Å². The van der Waals surface area contributed by atoms with E-state index in [0.717, 1.165) is 56.0 Å². The van der Waals surface area contributed by atoms with E-state index in [1.807, 2.05) is 25.1 Å². The Labute approximate surface area is 166 Å². The molecule has 0 spiro atoms. The van der Waals surface area contributed by atoms with Gasteiger partial charge in [-0.2, -0.15) is 0 Å². The predicted octanol–water partition coefficient (Wildman–Crippen LogP) is 3.44. The van der Waals surface area contributed by atoms with E-state index >= 15 is 0 Å². The van der Waals surface area contributed by atoms with Crippen LogP contribution >= 0.6 is 0 Å². The molecule has 0 atom stereocenters. The van der Waals surface area contributed by atoms with E-state index in [1.54, 1.807) is 0 Å². The molecular formula is C22H28N4O2. The van der Waals surface area contributed by atoms with Gasteiger partial charge in [-0.05, 0) is 69.0 Å². The van der Waals surface area contributed by atoms with Crippen LogP contribution in [-0.2, 0) is 12.8 Å². The zero-order valence-electron chi connectivity index (χ0n) is 16.7. The number of pyridine rings is 1. The van der Waals surface area contributed by atoms with Gasteiger partial charge in [0.2, 0.25) is 5.88 Å². The first-order valence-electron chi connectivity index (χ1n) is 10.1. The molecule has 148 valence electrons. The second kappa shape index (κ2) is 8.19. The lowest BCUT2D eigenvalue weighted by Crippen LogP contribution is -2.47. The monoisotopic (exact) mass is 380 g/mol. The van der Waals surface area contributed by atoms with Gasteiger partial charge in [-0.3, -0.25) is 0 Å². The Balaban J connectivity index is 1.68. The van der Waals surface area contributed by atoms with Gasteiger partial charge in [0.15, 0.2) is 5.84 Å². The minimum absolute atomic E-state index is 0.505. The minimum Gasteiger partial charge on any atom is -0.438 e. The summed E-state index contributed by atoms with van der Waals surface area (Å²) in [5, 5.41) is 13.4. The molecule has 6 nitrogen and oxygen atoms in total. The number of fused-ring (bicyclic) bond motifs is 1. The van der Waals surface area contributed by atoms with Crippen molar-refractivity contribution in [2.75, 3.05) is 33.2 Å². The van der Waals surface area contributed by atoms with Gasteiger partial charge in [-0.15, -0.1) is 0 Å². The van der Waals surface area contributed by atoms with Crippen molar-refractivity contribution in [2.24, 2.45) is 5.16 Å². The summed E-state index contributed by atoms with van der Waals surface area (Å²) in [5.41, 5.74) is 4.25. The standard InChI is InChI=1S/C22H28N4O2/c1-16-10-11-19(21(24-27)26-14-12-25(2)13-15-26)22(23-16)28-20-9-5-7-17-6-3-4-8-18(17)20/h5,7,9-11,27H,3-4,6,8,12-15H2,1-2H3/b24-21-. The second-order valence-electron chi connectivity index (χ2n) is 7.72. The fraction of sp³-hybridized carbons (Fsp3) is 0.455. The smallest absolute Gasteiger partial charge is 0.230 e. The molecule has 1 aliphatic heterocycles. The molecule has 0 bridgehead atoms. The highest BCUT2D eigenvalue weighted by atomic mass is 16.5. The maximum atomic E-state index is 9.80. The normalized spacial score (nSPS) is 18.1. The van der Waals surface area contributed by atoms with Crippen LogP contribution in [0.5, 0.6) is 11.6 Å². The Morgan fingerprint density at radius 1 is 1.07 bits per heavy atom. The number of aryl methyl sites for hydroxylation is 2. The van der Waals surface area contributed by atoms with E-state index in [-0.39, 0.29) is 0 Å². The summed E-state index contributed by atoms with van der Waals surface area (Å²) < 4.78 is 6.34. The van der Waals surface area contributed by atoms with Gasteiger partial charge in [0, 0.05) is 31.9 Å². The molecule has 1 aliphatic carbocycles. The number of nitrogens with zero attached hydrogens (tertiary/aromatic N) is 4. The van der Waals surface area contributed by atoms with Gasteiger partial charge in [0.1, 0.15) is 5.75 Å². The molecule has 2 aromatic rings. The zero-order chi connectivity index (χ0) is 19.5. The van der Waals surface area contributed by atoms with Crippen molar-refractivity contribution in [2.45, 2.75) is 32.6 Å². The molecule has 0 unspecified atom stereocenters. The van der Waals surface area contributed by atoms with E-state index in [1.165, 1.54) is 24.0 Å². The Hall–Kier alpha value is -2.60. The fourth-order valence-electron chi connectivity index (χ4n) is 4.03. The largest absolute Gasteiger partial charge is 0.438 e. The number of benzene rings is 1. The number of piperazine rings is 1. The van der Waals surface area contributed by atoms with Crippen molar-refractivity contribution in [3.05, 3.63) is 52.7 Å². The molecule has 0 radical (unpaired) electrons. The van der Waals surface area contributed by atoms with E-state index in [0.29, 0.717) is 11.7 Å². The third-order valence-corrected chi connectivity index (χ3v) is 5.70. The van der Waals surface area contributed by atoms with Crippen LogP contribution in [0.4, 0.5) is 0 Å². The molecule has 1 saturated heterocycles. The van der Waals surface area contributed by atoms with Gasteiger partial charge >= 0.3 is 0 Å². The summed E-state index contributed by atoms with van der Waals surface area (Å²) in [6.45, 7) is 5.43. The fourth-order valence-corrected chi connectivity index (χ4v) is 4.03. The number of oxime groups is 1. The number of hydrogen-bond donors (Lipinski definition) is 1. The molecule has 0 amide bonds. The number of hydrogen-bond acceptors (Lipinski definition) is 5. The summed E-state index contributed by atoms with van der Waals surface area (Å²) in [6.07, 6.45) is 4.55. The van der Waals surface area contributed by atoms with Crippen molar-refractivity contribution < 1.29 is 9.94 Å². The average molecular weight is 380 g/mol. The van der Waals surface area contributed by atoms with Crippen LogP contribution in [0.1, 0.15) is 35.2 Å². The molecule has 1 N–H and O–H groups in total. The zero-order valence-corrected chi connectivity index (χ0v) is 16.7. The first-order chi connectivity index (χ1) is 13.7. The summed E-state index contributed by atoms with van der Waals surface area (Å²) in [6, 6.07) is 10.1. The molecule has 4 rings (SSSR count). The molecule has 1 aromatic heterocycles. The predicted molar refractivity (Wildman–Crippen MR) is 110 cm³/mol. The van der Waals surface area contributed by atoms with E-state index in [9.17, 15) is 5.21 Å². The Bertz CT molecular complexity index is 873. The summed E-state index contributed by atoms with van der Waals surface area (Å²) >= 11 is 0. The number of rotatable bonds is 3. The van der Waals surface area contributed by atoms with Crippen molar-refractivity contribution in [1.82, 2.24) is 14.8 Å². The Kier molecular flexibility index (Phi) is 5.48. The van der Waals surface area contributed by atoms with Gasteiger partial charge in [0.05, 0.1) is 5.56 Å². The lowest BCUT2D eigenvalue weighted by atomic mass is 9.91. The third-order valence-electron chi connectivity index (χ3n) is 5.70. The van der Waals surface area contributed by atoms with Crippen LogP contribution in [0.3, 0.4) is 0 Å². The van der Waals surface area contributed by atoms with E-state index < -0.39 is 0 Å². The topological polar surface area (TPSA) is 61.2 Å². The molecule has 6 heteroatoms. The third kappa shape index (κ3) is 3.83. The van der Waals surface area contributed by atoms with Gasteiger partial charge in [-0.1, -0.05) is 17.3 Å². The maximum Gasteiger partial charge on any atom is 0.230 e. The Morgan fingerprint density at radius 2 is 1.86 bits per heavy atom. The molecule has 1 fully saturated rings. The van der Waals surface area contributed by atoms with Crippen LogP contribution in [0.15, 0.2) is 35.5 Å². The maximum absolute atomic E-state index is 9.80. The SMILES string of the molecule is Cc1ccc(/C(=N/O)N2CCN(C)CC2)c(Oc2cccc3c2CCCC3)n1. The highest BCUT2D eigenvalue weighted by Gasteiger charge is 2.24. The molecule has 2 aliphatic rings. The van der Waals surface area contributed by atoms with Crippen LogP contribution in [0.2, 0.25) is 0 Å². The molecule has 1 aromatic carbocycles. The average Bonchev–Trinajstić information content (AvgIpc) is 2.72. The van der Waals surface area contributed by atoms with Gasteiger partial charge < -0.3 is 19.7 Å². The quantitative estimate of drug-likeness (QED) is 0.383. The first-order valence-corrected chi connectivity index (χ1v) is 10.1. The van der Waals surface area contributed by atoms with Gasteiger partial charge in [0.25, 0.3) is 0 Å². The number of ether oxygens (including phenoxy) is 1. The minimum atomic E-state index is 0.505. The molecule has 0 saturated carbocycles. The van der Waals surface area contributed by atoms with Crippen molar-refractivity contribution >= 4 is 5.84 Å². The van der Waals surface area contributed by atoms with Crippen molar-refractivity contribution in [1.29, 1.82) is 0 Å². The van der Waals surface area contributed by atoms with Crippen LogP contribution in [0, 0.1) is 6.92 Å². The number of likely N-dealkylation sites (N-methyl/N-ethyl adjacent to an activating group) is 1. The Morgan fingerprint density at radius 3 is 2.64 bits per heavy atom.